The fourth-order valence-corrected chi connectivity index (χ4v) is 1.34. The molecule has 0 fully saturated rings. The van der Waals surface area contributed by atoms with Gasteiger partial charge in [-0.05, 0) is 11.6 Å². The van der Waals surface area contributed by atoms with Crippen molar-refractivity contribution in [1.29, 1.82) is 0 Å². The number of aliphatic hydroxyl groups excluding tert-OH is 1. The van der Waals surface area contributed by atoms with Crippen LogP contribution in [0.2, 0.25) is 0 Å². The lowest BCUT2D eigenvalue weighted by atomic mass is 9.78. The van der Waals surface area contributed by atoms with E-state index < -0.39 is 7.12 Å². The number of ether oxygens (including phenoxy) is 2. The standard InChI is InChI=1S/C9H13BO5/c1-14-8-4-6(5-11)3-7(10(12)13)9(8)15-2/h3-4,11-13H,5H2,1-2H3. The number of hydrogen-bond donors (Lipinski definition) is 3. The zero-order chi connectivity index (χ0) is 11.4. The SMILES string of the molecule is COc1cc(CO)cc(B(O)O)c1OC. The summed E-state index contributed by atoms with van der Waals surface area (Å²) in [7, 11) is 1.18. The lowest BCUT2D eigenvalue weighted by molar-refractivity contribution is 0.280. The predicted molar refractivity (Wildman–Crippen MR) is 55.3 cm³/mol. The monoisotopic (exact) mass is 212 g/mol. The van der Waals surface area contributed by atoms with Gasteiger partial charge in [-0.3, -0.25) is 0 Å². The number of methoxy groups -OCH3 is 2. The van der Waals surface area contributed by atoms with E-state index in [4.69, 9.17) is 24.6 Å². The molecular formula is C9H13BO5. The Morgan fingerprint density at radius 2 is 1.87 bits per heavy atom. The highest BCUT2D eigenvalue weighted by molar-refractivity contribution is 6.59. The van der Waals surface area contributed by atoms with Crippen LogP contribution in [0.15, 0.2) is 12.1 Å². The van der Waals surface area contributed by atoms with Crippen molar-refractivity contribution in [2.75, 3.05) is 14.2 Å². The first-order valence-corrected chi connectivity index (χ1v) is 4.35. The van der Waals surface area contributed by atoms with E-state index in [1.807, 2.05) is 0 Å². The quantitative estimate of drug-likeness (QED) is 0.550. The molecule has 0 heterocycles. The molecule has 0 saturated heterocycles. The van der Waals surface area contributed by atoms with Gasteiger partial charge in [-0.1, -0.05) is 6.07 Å². The Bertz CT molecular complexity index is 340. The molecule has 3 N–H and O–H groups in total. The minimum Gasteiger partial charge on any atom is -0.493 e. The second kappa shape index (κ2) is 5.02. The number of hydrogen-bond acceptors (Lipinski definition) is 5. The summed E-state index contributed by atoms with van der Waals surface area (Å²) in [6.45, 7) is -0.208. The van der Waals surface area contributed by atoms with Crippen molar-refractivity contribution >= 4 is 12.6 Å². The lowest BCUT2D eigenvalue weighted by Crippen LogP contribution is -2.32. The molecule has 1 aromatic rings. The first kappa shape index (κ1) is 11.8. The van der Waals surface area contributed by atoms with E-state index >= 15 is 0 Å². The minimum atomic E-state index is -1.67. The number of aliphatic hydroxyl groups is 1. The summed E-state index contributed by atoms with van der Waals surface area (Å²) >= 11 is 0. The number of rotatable bonds is 4. The molecule has 0 aliphatic carbocycles. The van der Waals surface area contributed by atoms with Crippen LogP contribution in [0.25, 0.3) is 0 Å². The van der Waals surface area contributed by atoms with Crippen molar-refractivity contribution in [3.05, 3.63) is 17.7 Å². The fraction of sp³-hybridized carbons (Fsp3) is 0.333. The zero-order valence-corrected chi connectivity index (χ0v) is 8.60. The Hall–Kier alpha value is -1.24. The zero-order valence-electron chi connectivity index (χ0n) is 8.60. The molecule has 0 amide bonds. The molecule has 15 heavy (non-hydrogen) atoms. The molecule has 0 aromatic heterocycles. The summed E-state index contributed by atoms with van der Waals surface area (Å²) < 4.78 is 10.0. The summed E-state index contributed by atoms with van der Waals surface area (Å²) in [6, 6.07) is 3.02. The third-order valence-electron chi connectivity index (χ3n) is 2.03. The van der Waals surface area contributed by atoms with E-state index in [0.29, 0.717) is 11.3 Å². The van der Waals surface area contributed by atoms with Crippen molar-refractivity contribution in [3.8, 4) is 11.5 Å². The summed E-state index contributed by atoms with van der Waals surface area (Å²) in [5.41, 5.74) is 0.691. The highest BCUT2D eigenvalue weighted by atomic mass is 16.5. The van der Waals surface area contributed by atoms with Gasteiger partial charge >= 0.3 is 7.12 Å². The van der Waals surface area contributed by atoms with Crippen molar-refractivity contribution < 1.29 is 24.6 Å². The maximum Gasteiger partial charge on any atom is 0.492 e. The lowest BCUT2D eigenvalue weighted by Gasteiger charge is -2.13. The van der Waals surface area contributed by atoms with Gasteiger partial charge in [-0.2, -0.15) is 0 Å². The molecular weight excluding hydrogens is 199 g/mol. The molecule has 0 radical (unpaired) electrons. The molecule has 0 spiro atoms. The molecule has 0 saturated carbocycles. The molecule has 1 aromatic carbocycles. The Morgan fingerprint density at radius 3 is 2.27 bits per heavy atom. The summed E-state index contributed by atoms with van der Waals surface area (Å²) in [6.07, 6.45) is 0. The molecule has 0 unspecified atom stereocenters. The van der Waals surface area contributed by atoms with Crippen molar-refractivity contribution in [3.63, 3.8) is 0 Å². The third-order valence-corrected chi connectivity index (χ3v) is 2.03. The second-order valence-corrected chi connectivity index (χ2v) is 2.95. The Kier molecular flexibility index (Phi) is 3.96. The van der Waals surface area contributed by atoms with Gasteiger partial charge in [0.2, 0.25) is 0 Å². The maximum absolute atomic E-state index is 9.11. The Balaban J connectivity index is 3.32. The first-order valence-electron chi connectivity index (χ1n) is 4.35. The van der Waals surface area contributed by atoms with Crippen LogP contribution in [0.5, 0.6) is 11.5 Å². The predicted octanol–water partition coefficient (Wildman–Crippen LogP) is -1.12. The van der Waals surface area contributed by atoms with Gasteiger partial charge in [-0.25, -0.2) is 0 Å². The van der Waals surface area contributed by atoms with Gasteiger partial charge in [0, 0.05) is 5.46 Å². The van der Waals surface area contributed by atoms with Crippen LogP contribution < -0.4 is 14.9 Å². The van der Waals surface area contributed by atoms with E-state index in [0.717, 1.165) is 0 Å². The van der Waals surface area contributed by atoms with Crippen LogP contribution in [-0.4, -0.2) is 36.5 Å². The maximum atomic E-state index is 9.11. The normalized spacial score (nSPS) is 9.93. The van der Waals surface area contributed by atoms with Gasteiger partial charge < -0.3 is 24.6 Å². The van der Waals surface area contributed by atoms with Gasteiger partial charge in [-0.15, -0.1) is 0 Å². The smallest absolute Gasteiger partial charge is 0.492 e. The highest BCUT2D eigenvalue weighted by Crippen LogP contribution is 2.26. The van der Waals surface area contributed by atoms with Gasteiger partial charge in [0.15, 0.2) is 11.5 Å². The molecule has 1 rings (SSSR count). The highest BCUT2D eigenvalue weighted by Gasteiger charge is 2.21. The molecule has 0 atom stereocenters. The second-order valence-electron chi connectivity index (χ2n) is 2.95. The van der Waals surface area contributed by atoms with Crippen LogP contribution in [0, 0.1) is 0 Å². The summed E-state index contributed by atoms with van der Waals surface area (Å²) in [5, 5.41) is 27.2. The Morgan fingerprint density at radius 1 is 1.20 bits per heavy atom. The van der Waals surface area contributed by atoms with Crippen LogP contribution in [0.3, 0.4) is 0 Å². The first-order chi connectivity index (χ1) is 7.13. The Labute approximate surface area is 88.0 Å². The van der Waals surface area contributed by atoms with E-state index in [2.05, 4.69) is 0 Å². The van der Waals surface area contributed by atoms with E-state index in [-0.39, 0.29) is 17.8 Å². The van der Waals surface area contributed by atoms with Crippen LogP contribution in [0.1, 0.15) is 5.56 Å². The average molecular weight is 212 g/mol. The molecule has 5 nitrogen and oxygen atoms in total. The van der Waals surface area contributed by atoms with E-state index in [1.54, 1.807) is 6.07 Å². The molecule has 6 heteroatoms. The topological polar surface area (TPSA) is 79.2 Å². The third kappa shape index (κ3) is 2.41. The van der Waals surface area contributed by atoms with Crippen LogP contribution in [0.4, 0.5) is 0 Å². The van der Waals surface area contributed by atoms with Crippen LogP contribution in [-0.2, 0) is 6.61 Å². The van der Waals surface area contributed by atoms with E-state index in [1.165, 1.54) is 20.3 Å². The van der Waals surface area contributed by atoms with Gasteiger partial charge in [0.25, 0.3) is 0 Å². The summed E-state index contributed by atoms with van der Waals surface area (Å²) in [4.78, 5) is 0. The van der Waals surface area contributed by atoms with Crippen molar-refractivity contribution in [2.45, 2.75) is 6.61 Å². The molecule has 0 bridgehead atoms. The largest absolute Gasteiger partial charge is 0.493 e. The van der Waals surface area contributed by atoms with Crippen molar-refractivity contribution in [1.82, 2.24) is 0 Å². The molecule has 0 aliphatic heterocycles. The minimum absolute atomic E-state index is 0.168. The van der Waals surface area contributed by atoms with Gasteiger partial charge in [0.1, 0.15) is 0 Å². The summed E-state index contributed by atoms with van der Waals surface area (Å²) in [5.74, 6) is 0.608. The fourth-order valence-electron chi connectivity index (χ4n) is 1.34. The molecule has 82 valence electrons. The van der Waals surface area contributed by atoms with E-state index in [9.17, 15) is 0 Å². The number of benzene rings is 1. The average Bonchev–Trinajstić information content (AvgIpc) is 2.26. The molecule has 0 aliphatic rings. The van der Waals surface area contributed by atoms with Gasteiger partial charge in [0.05, 0.1) is 20.8 Å². The van der Waals surface area contributed by atoms with Crippen molar-refractivity contribution in [2.24, 2.45) is 0 Å². The van der Waals surface area contributed by atoms with Crippen LogP contribution >= 0.6 is 0 Å².